The minimum atomic E-state index is -2.03. The number of benzene rings is 1. The molecule has 5 aliphatic heterocycles. The van der Waals surface area contributed by atoms with Gasteiger partial charge in [-0.05, 0) is 24.6 Å². The number of unbranched alkanes of at least 4 members (excludes halogenated alkanes) is 8. The summed E-state index contributed by atoms with van der Waals surface area (Å²) in [6.07, 6.45) is -25.8. The van der Waals surface area contributed by atoms with E-state index in [0.717, 1.165) is 53.4 Å². The first kappa shape index (κ1) is 72.6. The van der Waals surface area contributed by atoms with Gasteiger partial charge in [-0.25, -0.2) is 0 Å². The minimum Gasteiger partial charge on any atom is -0.494 e. The Morgan fingerprint density at radius 1 is 0.420 bits per heavy atom. The third-order valence-electron chi connectivity index (χ3n) is 15.9. The summed E-state index contributed by atoms with van der Waals surface area (Å²) >= 11 is 0. The van der Waals surface area contributed by atoms with Crippen molar-refractivity contribution in [1.82, 2.24) is 26.6 Å². The van der Waals surface area contributed by atoms with Crippen LogP contribution in [0, 0.1) is 0 Å². The maximum Gasteiger partial charge on any atom is 0.251 e. The zero-order valence-electron chi connectivity index (χ0n) is 49.8. The van der Waals surface area contributed by atoms with Gasteiger partial charge in [-0.15, -0.1) is 0 Å². The van der Waals surface area contributed by atoms with E-state index >= 15 is 0 Å². The Labute approximate surface area is 508 Å². The minimum absolute atomic E-state index is 0.0716. The van der Waals surface area contributed by atoms with Crippen molar-refractivity contribution >= 4 is 29.5 Å². The van der Waals surface area contributed by atoms with Crippen molar-refractivity contribution in [3.8, 4) is 5.75 Å². The van der Waals surface area contributed by atoms with Crippen LogP contribution in [0.25, 0.3) is 0 Å². The average Bonchev–Trinajstić information content (AvgIpc) is 1.44. The molecule has 32 nitrogen and oxygen atoms in total. The topological polar surface area (TPSA) is 481 Å². The second kappa shape index (κ2) is 34.8. The van der Waals surface area contributed by atoms with Crippen molar-refractivity contribution in [1.29, 1.82) is 0 Å². The highest BCUT2D eigenvalue weighted by molar-refractivity contribution is 5.94. The third kappa shape index (κ3) is 18.8. The van der Waals surface area contributed by atoms with Crippen LogP contribution in [-0.2, 0) is 61.8 Å². The average molecular weight is 1270 g/mol. The smallest absolute Gasteiger partial charge is 0.251 e. The molecule has 0 spiro atoms. The van der Waals surface area contributed by atoms with E-state index in [4.69, 9.17) is 47.4 Å². The highest BCUT2D eigenvalue weighted by Gasteiger charge is 2.58. The largest absolute Gasteiger partial charge is 0.494 e. The van der Waals surface area contributed by atoms with Crippen molar-refractivity contribution in [2.24, 2.45) is 0 Å². The lowest BCUT2D eigenvalue weighted by molar-refractivity contribution is -0.367. The van der Waals surface area contributed by atoms with E-state index in [1.165, 1.54) is 44.2 Å². The second-order valence-electron chi connectivity index (χ2n) is 22.6. The summed E-state index contributed by atoms with van der Waals surface area (Å²) in [6, 6.07) is -2.10. The van der Waals surface area contributed by atoms with Crippen LogP contribution in [0.5, 0.6) is 5.75 Å². The standard InChI is InChI=1S/C56H91N5O27/c1-6-7-8-9-10-11-12-13-14-18-79-30-17-15-16-29(19-30)51(77)61-37-42(72)41(71)31(20-62)81-53(37)86-48-33(22-64)83-55(39(44(48)74)59-27(4)69)88-50-35(24-66)84-56(40(46(50)76)60-28(5)70)87-49-34(23-65)82-54(38(45(49)75)58-26(3)68)85-47-32(21-63)80-52(78)36(43(47)73)57-25(2)67/h15-17,19,31-50,52-56,62-66,71-76,78H,6-14,18,20-24H2,1-5H3,(H,57,67)(H,58,68)(H,59,69)(H,60,70)(H,61,77)/t31?,32?,33-,34-,35?,36-,37-,38?,39?,40-,41+,42+,43-,44?,45?,46-,47?,48+,49+,50?,52?,53?,54?,55-,56-/m0/s1. The van der Waals surface area contributed by atoms with E-state index in [-0.39, 0.29) is 5.56 Å². The predicted molar refractivity (Wildman–Crippen MR) is 297 cm³/mol. The highest BCUT2D eigenvalue weighted by atomic mass is 16.8. The lowest BCUT2D eigenvalue weighted by Crippen LogP contribution is -2.72. The van der Waals surface area contributed by atoms with E-state index < -0.39 is 216 Å². The molecule has 5 saturated heterocycles. The van der Waals surface area contributed by atoms with Gasteiger partial charge in [0.05, 0.1) is 39.6 Å². The lowest BCUT2D eigenvalue weighted by atomic mass is 9.93. The molecule has 0 aliphatic carbocycles. The predicted octanol–water partition coefficient (Wildman–Crippen LogP) is -6.00. The van der Waals surface area contributed by atoms with Crippen LogP contribution in [0.2, 0.25) is 0 Å². The third-order valence-corrected chi connectivity index (χ3v) is 15.9. The van der Waals surface area contributed by atoms with Crippen molar-refractivity contribution in [3.05, 3.63) is 29.8 Å². The van der Waals surface area contributed by atoms with Crippen LogP contribution in [0.1, 0.15) is 103 Å². The maximum atomic E-state index is 13.9. The summed E-state index contributed by atoms with van der Waals surface area (Å²) in [4.78, 5) is 64.1. The molecule has 1 aromatic rings. The molecule has 0 radical (unpaired) electrons. The molecule has 5 heterocycles. The molecular weight excluding hydrogens is 1170 g/mol. The van der Waals surface area contributed by atoms with Gasteiger partial charge in [0.2, 0.25) is 23.6 Å². The SMILES string of the molecule is CCCCCCCCCCCOc1cccc(C(=O)N[C@@H]2C(O[C@H]3C(O)C(NC(C)=O)[C@H](OC4C(CO)O[C@@H](O[C@H]5C(O)C(NC(C)=O)C(OC6C(CO)OC(O)[C@@H](NC(C)=O)[C@@H]6O)O[C@H]5CO)[C@@H](NC(C)=O)[C@@H]4O)O[C@H]3CO)OC(CO)[C@@H](O)[C@@H]2O)c1. The summed E-state index contributed by atoms with van der Waals surface area (Å²) in [7, 11) is 0. The van der Waals surface area contributed by atoms with Gasteiger partial charge in [-0.3, -0.25) is 24.0 Å². The van der Waals surface area contributed by atoms with Gasteiger partial charge in [0, 0.05) is 33.3 Å². The number of aliphatic hydroxyl groups excluding tert-OH is 12. The second-order valence-corrected chi connectivity index (χ2v) is 22.6. The molecule has 25 atom stereocenters. The summed E-state index contributed by atoms with van der Waals surface area (Å²) in [5.74, 6) is -3.50. The molecule has 5 fully saturated rings. The Hall–Kier alpha value is -4.47. The summed E-state index contributed by atoms with van der Waals surface area (Å²) < 4.78 is 59.9. The van der Waals surface area contributed by atoms with E-state index in [2.05, 4.69) is 33.5 Å². The number of rotatable bonds is 30. The van der Waals surface area contributed by atoms with Crippen LogP contribution in [0.3, 0.4) is 0 Å². The number of amides is 5. The van der Waals surface area contributed by atoms with Gasteiger partial charge in [-0.1, -0.05) is 64.4 Å². The Morgan fingerprint density at radius 3 is 1.15 bits per heavy atom. The lowest BCUT2D eigenvalue weighted by Gasteiger charge is -2.51. The maximum absolute atomic E-state index is 13.9. The Morgan fingerprint density at radius 2 is 0.761 bits per heavy atom. The number of aliphatic hydroxyl groups is 12. The monoisotopic (exact) mass is 1270 g/mol. The number of nitrogens with one attached hydrogen (secondary N) is 5. The van der Waals surface area contributed by atoms with Crippen LogP contribution in [0.4, 0.5) is 0 Å². The fraction of sp³-hybridized carbons (Fsp3) is 0.804. The van der Waals surface area contributed by atoms with Crippen LogP contribution < -0.4 is 31.3 Å². The molecule has 6 rings (SSSR count). The van der Waals surface area contributed by atoms with Crippen molar-refractivity contribution in [3.63, 3.8) is 0 Å². The summed E-state index contributed by atoms with van der Waals surface area (Å²) in [5, 5.41) is 145. The molecule has 0 saturated carbocycles. The molecule has 0 aromatic heterocycles. The molecule has 32 heteroatoms. The fourth-order valence-electron chi connectivity index (χ4n) is 11.4. The number of carbonyl (C=O) groups excluding carboxylic acids is 5. The van der Waals surface area contributed by atoms with Gasteiger partial charge >= 0.3 is 0 Å². The molecule has 5 amide bonds. The van der Waals surface area contributed by atoms with E-state index in [1.807, 2.05) is 0 Å². The van der Waals surface area contributed by atoms with Gasteiger partial charge in [-0.2, -0.15) is 0 Å². The Kier molecular flexibility index (Phi) is 28.7. The fourth-order valence-corrected chi connectivity index (χ4v) is 11.4. The highest BCUT2D eigenvalue weighted by Crippen LogP contribution is 2.36. The normalized spacial score (nSPS) is 37.7. The quantitative estimate of drug-likeness (QED) is 0.0319. The Balaban J connectivity index is 1.18. The zero-order valence-corrected chi connectivity index (χ0v) is 49.8. The van der Waals surface area contributed by atoms with Crippen LogP contribution in [-0.4, -0.2) is 284 Å². The molecule has 1 aromatic carbocycles. The molecule has 88 heavy (non-hydrogen) atoms. The molecule has 502 valence electrons. The van der Waals surface area contributed by atoms with Crippen LogP contribution >= 0.6 is 0 Å². The van der Waals surface area contributed by atoms with Gasteiger partial charge in [0.1, 0.15) is 128 Å². The van der Waals surface area contributed by atoms with Gasteiger partial charge in [0.15, 0.2) is 31.5 Å². The van der Waals surface area contributed by atoms with Gasteiger partial charge < -0.3 is 135 Å². The summed E-state index contributed by atoms with van der Waals surface area (Å²) in [5.41, 5.74) is 0.0716. The first-order valence-corrected chi connectivity index (χ1v) is 29.8. The number of hydrogen-bond donors (Lipinski definition) is 17. The van der Waals surface area contributed by atoms with Crippen LogP contribution in [0.15, 0.2) is 24.3 Å². The molecular formula is C56H91N5O27. The molecule has 12 unspecified atom stereocenters. The van der Waals surface area contributed by atoms with Gasteiger partial charge in [0.25, 0.3) is 5.91 Å². The first-order valence-electron chi connectivity index (χ1n) is 29.8. The van der Waals surface area contributed by atoms with E-state index in [1.54, 1.807) is 12.1 Å². The van der Waals surface area contributed by atoms with Crippen molar-refractivity contribution in [2.45, 2.75) is 246 Å². The van der Waals surface area contributed by atoms with Crippen molar-refractivity contribution < 1.29 is 133 Å². The Bertz CT molecular complexity index is 2350. The molecule has 17 N–H and O–H groups in total. The first-order chi connectivity index (χ1) is 42.0. The van der Waals surface area contributed by atoms with Crippen molar-refractivity contribution in [2.75, 3.05) is 39.6 Å². The number of carbonyl (C=O) groups is 5. The molecule has 0 bridgehead atoms. The molecule has 5 aliphatic rings. The number of hydrogen-bond acceptors (Lipinski definition) is 27. The number of ether oxygens (including phenoxy) is 10. The van der Waals surface area contributed by atoms with E-state index in [0.29, 0.717) is 12.4 Å². The van der Waals surface area contributed by atoms with E-state index in [9.17, 15) is 85.3 Å². The zero-order chi connectivity index (χ0) is 64.5. The summed E-state index contributed by atoms with van der Waals surface area (Å²) in [6.45, 7) is 2.10.